The molecule has 6 nitrogen and oxygen atoms in total. The number of rotatable bonds is 4. The molecule has 0 saturated carbocycles. The summed E-state index contributed by atoms with van der Waals surface area (Å²) in [6.07, 6.45) is 0. The molecule has 0 aliphatic carbocycles. The Kier molecular flexibility index (Phi) is 5.09. The summed E-state index contributed by atoms with van der Waals surface area (Å²) in [5.41, 5.74) is 0.142. The molecule has 0 heterocycles. The van der Waals surface area contributed by atoms with Crippen molar-refractivity contribution in [3.05, 3.63) is 65.2 Å². The van der Waals surface area contributed by atoms with E-state index in [0.29, 0.717) is 5.75 Å². The highest BCUT2D eigenvalue weighted by Gasteiger charge is 2.18. The second kappa shape index (κ2) is 7.22. The predicted molar refractivity (Wildman–Crippen MR) is 80.5 cm³/mol. The third-order valence-electron chi connectivity index (χ3n) is 2.96. The summed E-state index contributed by atoms with van der Waals surface area (Å²) in [7, 11) is 2.41. The standard InChI is InChI=1S/C17H14O6/c1-21-15(18)11-8-12(16(19)22-2)10-13(9-11)17(20)23-14-6-4-3-5-7-14/h3-10H,1-2H3. The summed E-state index contributed by atoms with van der Waals surface area (Å²) >= 11 is 0. The first-order chi connectivity index (χ1) is 11.0. The van der Waals surface area contributed by atoms with E-state index < -0.39 is 17.9 Å². The maximum atomic E-state index is 12.2. The third kappa shape index (κ3) is 3.94. The Morgan fingerprint density at radius 3 is 1.57 bits per heavy atom. The Morgan fingerprint density at radius 2 is 1.13 bits per heavy atom. The Morgan fingerprint density at radius 1 is 0.696 bits per heavy atom. The zero-order valence-corrected chi connectivity index (χ0v) is 12.6. The lowest BCUT2D eigenvalue weighted by Crippen LogP contribution is -2.13. The van der Waals surface area contributed by atoms with Crippen LogP contribution in [0.3, 0.4) is 0 Å². The molecule has 118 valence electrons. The quantitative estimate of drug-likeness (QED) is 0.637. The summed E-state index contributed by atoms with van der Waals surface area (Å²) in [6.45, 7) is 0. The van der Waals surface area contributed by atoms with Gasteiger partial charge in [-0.3, -0.25) is 0 Å². The molecule has 0 N–H and O–H groups in total. The molecule has 0 aliphatic rings. The van der Waals surface area contributed by atoms with E-state index in [9.17, 15) is 14.4 Å². The van der Waals surface area contributed by atoms with Crippen LogP contribution in [0.4, 0.5) is 0 Å². The second-order valence-electron chi connectivity index (χ2n) is 4.48. The molecular formula is C17H14O6. The molecule has 0 aliphatic heterocycles. The highest BCUT2D eigenvalue weighted by Crippen LogP contribution is 2.16. The number of carbonyl (C=O) groups is 3. The lowest BCUT2D eigenvalue weighted by Gasteiger charge is -2.08. The molecule has 0 atom stereocenters. The van der Waals surface area contributed by atoms with Crippen LogP contribution in [0.25, 0.3) is 0 Å². The minimum absolute atomic E-state index is 0.0390. The first kappa shape index (κ1) is 16.2. The van der Waals surface area contributed by atoms with Crippen LogP contribution in [0.5, 0.6) is 5.75 Å². The van der Waals surface area contributed by atoms with Gasteiger partial charge >= 0.3 is 17.9 Å². The van der Waals surface area contributed by atoms with Crippen LogP contribution < -0.4 is 4.74 Å². The molecule has 0 unspecified atom stereocenters. The molecule has 2 aromatic carbocycles. The molecular weight excluding hydrogens is 300 g/mol. The maximum Gasteiger partial charge on any atom is 0.343 e. The molecule has 0 bridgehead atoms. The van der Waals surface area contributed by atoms with Crippen LogP contribution in [0.1, 0.15) is 31.1 Å². The predicted octanol–water partition coefficient (Wildman–Crippen LogP) is 2.48. The Labute approximate surface area is 132 Å². The Bertz CT molecular complexity index is 702. The fraction of sp³-hybridized carbons (Fsp3) is 0.118. The van der Waals surface area contributed by atoms with E-state index >= 15 is 0 Å². The van der Waals surface area contributed by atoms with Crippen LogP contribution in [0.15, 0.2) is 48.5 Å². The Hall–Kier alpha value is -3.15. The molecule has 0 spiro atoms. The normalized spacial score (nSPS) is 9.83. The minimum Gasteiger partial charge on any atom is -0.465 e. The fourth-order valence-corrected chi connectivity index (χ4v) is 1.87. The summed E-state index contributed by atoms with van der Waals surface area (Å²) in [4.78, 5) is 35.6. The van der Waals surface area contributed by atoms with Crippen molar-refractivity contribution >= 4 is 17.9 Å². The number of ether oxygens (including phenoxy) is 3. The van der Waals surface area contributed by atoms with Crippen molar-refractivity contribution < 1.29 is 28.6 Å². The van der Waals surface area contributed by atoms with E-state index in [4.69, 9.17) is 4.74 Å². The van der Waals surface area contributed by atoms with Crippen molar-refractivity contribution in [1.29, 1.82) is 0 Å². The molecule has 6 heteroatoms. The zero-order chi connectivity index (χ0) is 16.8. The summed E-state index contributed by atoms with van der Waals surface area (Å²) in [6, 6.07) is 12.3. The minimum atomic E-state index is -0.702. The van der Waals surface area contributed by atoms with Gasteiger partial charge in [-0.1, -0.05) is 18.2 Å². The number of carbonyl (C=O) groups excluding carboxylic acids is 3. The van der Waals surface area contributed by atoms with Crippen LogP contribution in [-0.2, 0) is 9.47 Å². The zero-order valence-electron chi connectivity index (χ0n) is 12.6. The van der Waals surface area contributed by atoms with Gasteiger partial charge in [0, 0.05) is 0 Å². The lowest BCUT2D eigenvalue weighted by molar-refractivity contribution is 0.0599. The average molecular weight is 314 g/mol. The summed E-state index contributed by atoms with van der Waals surface area (Å²) < 4.78 is 14.4. The van der Waals surface area contributed by atoms with Gasteiger partial charge in [0.05, 0.1) is 30.9 Å². The van der Waals surface area contributed by atoms with Gasteiger partial charge in [-0.05, 0) is 30.3 Å². The van der Waals surface area contributed by atoms with Gasteiger partial charge in [-0.25, -0.2) is 14.4 Å². The van der Waals surface area contributed by atoms with Crippen LogP contribution in [0, 0.1) is 0 Å². The number of methoxy groups -OCH3 is 2. The second-order valence-corrected chi connectivity index (χ2v) is 4.48. The van der Waals surface area contributed by atoms with Gasteiger partial charge in [0.2, 0.25) is 0 Å². The highest BCUT2D eigenvalue weighted by molar-refractivity contribution is 6.00. The average Bonchev–Trinajstić information content (AvgIpc) is 2.60. The summed E-state index contributed by atoms with van der Waals surface area (Å²) in [5.74, 6) is -1.71. The summed E-state index contributed by atoms with van der Waals surface area (Å²) in [5, 5.41) is 0. The van der Waals surface area contributed by atoms with Crippen molar-refractivity contribution in [3.63, 3.8) is 0 Å². The highest BCUT2D eigenvalue weighted by atomic mass is 16.5. The first-order valence-corrected chi connectivity index (χ1v) is 6.64. The van der Waals surface area contributed by atoms with E-state index in [1.165, 1.54) is 32.4 Å². The van der Waals surface area contributed by atoms with E-state index in [0.717, 1.165) is 0 Å². The van der Waals surface area contributed by atoms with E-state index in [1.807, 2.05) is 0 Å². The lowest BCUT2D eigenvalue weighted by atomic mass is 10.1. The SMILES string of the molecule is COC(=O)c1cc(C(=O)OC)cc(C(=O)Oc2ccccc2)c1. The fourth-order valence-electron chi connectivity index (χ4n) is 1.87. The van der Waals surface area contributed by atoms with Crippen LogP contribution in [-0.4, -0.2) is 32.1 Å². The molecule has 0 aromatic heterocycles. The largest absolute Gasteiger partial charge is 0.465 e. The first-order valence-electron chi connectivity index (χ1n) is 6.64. The van der Waals surface area contributed by atoms with Gasteiger partial charge in [0.15, 0.2) is 0 Å². The molecule has 2 aromatic rings. The molecule has 0 amide bonds. The van der Waals surface area contributed by atoms with E-state index in [1.54, 1.807) is 30.3 Å². The van der Waals surface area contributed by atoms with Gasteiger partial charge < -0.3 is 14.2 Å². The van der Waals surface area contributed by atoms with Gasteiger partial charge in [-0.2, -0.15) is 0 Å². The van der Waals surface area contributed by atoms with Gasteiger partial charge in [0.25, 0.3) is 0 Å². The smallest absolute Gasteiger partial charge is 0.343 e. The molecule has 0 radical (unpaired) electrons. The third-order valence-corrected chi connectivity index (χ3v) is 2.96. The molecule has 0 saturated heterocycles. The maximum absolute atomic E-state index is 12.2. The molecule has 2 rings (SSSR count). The van der Waals surface area contributed by atoms with Crippen molar-refractivity contribution in [1.82, 2.24) is 0 Å². The number of hydrogen-bond donors (Lipinski definition) is 0. The number of esters is 3. The number of para-hydroxylation sites is 1. The monoisotopic (exact) mass is 314 g/mol. The van der Waals surface area contributed by atoms with Gasteiger partial charge in [0.1, 0.15) is 5.75 Å². The van der Waals surface area contributed by atoms with Crippen molar-refractivity contribution in [3.8, 4) is 5.75 Å². The van der Waals surface area contributed by atoms with Gasteiger partial charge in [-0.15, -0.1) is 0 Å². The molecule has 23 heavy (non-hydrogen) atoms. The topological polar surface area (TPSA) is 78.9 Å². The van der Waals surface area contributed by atoms with Crippen molar-refractivity contribution in [2.24, 2.45) is 0 Å². The number of hydrogen-bond acceptors (Lipinski definition) is 6. The van der Waals surface area contributed by atoms with E-state index in [-0.39, 0.29) is 16.7 Å². The molecule has 0 fully saturated rings. The van der Waals surface area contributed by atoms with Crippen molar-refractivity contribution in [2.45, 2.75) is 0 Å². The Balaban J connectivity index is 2.38. The number of benzene rings is 2. The van der Waals surface area contributed by atoms with Crippen LogP contribution >= 0.6 is 0 Å². The van der Waals surface area contributed by atoms with Crippen molar-refractivity contribution in [2.75, 3.05) is 14.2 Å². The van der Waals surface area contributed by atoms with E-state index in [2.05, 4.69) is 9.47 Å². The van der Waals surface area contributed by atoms with Crippen LogP contribution in [0.2, 0.25) is 0 Å².